The van der Waals surface area contributed by atoms with E-state index in [9.17, 15) is 8.78 Å². The molecule has 2 N–H and O–H groups in total. The molecule has 0 unspecified atom stereocenters. The highest BCUT2D eigenvalue weighted by Gasteiger charge is 2.32. The van der Waals surface area contributed by atoms with Gasteiger partial charge < -0.3 is 5.73 Å². The van der Waals surface area contributed by atoms with Gasteiger partial charge in [-0.15, -0.1) is 6.58 Å². The smallest absolute Gasteiger partial charge is 0.279 e. The zero-order valence-corrected chi connectivity index (χ0v) is 10.0. The first-order chi connectivity index (χ1) is 7.86. The Morgan fingerprint density at radius 3 is 2.82 bits per heavy atom. The molecular weight excluding hydrogens is 248 g/mol. The number of hydrogen-bond acceptors (Lipinski definition) is 2. The summed E-state index contributed by atoms with van der Waals surface area (Å²) in [5.41, 5.74) is 5.01. The topological polar surface area (TPSA) is 51.3 Å². The second-order valence-electron chi connectivity index (χ2n) is 3.47. The highest BCUT2D eigenvalue weighted by atomic mass is 35.5. The number of hydrogen-bond donors (Lipinski definition) is 1. The van der Waals surface area contributed by atoms with Gasteiger partial charge in [-0.3, -0.25) is 0 Å². The van der Waals surface area contributed by atoms with E-state index in [2.05, 4.69) is 16.6 Å². The van der Waals surface area contributed by atoms with Crippen LogP contribution in [-0.2, 0) is 5.92 Å². The third-order valence-electron chi connectivity index (χ3n) is 1.92. The van der Waals surface area contributed by atoms with Crippen molar-refractivity contribution in [2.24, 2.45) is 10.7 Å². The predicted octanol–water partition coefficient (Wildman–Crippen LogP) is 3.41. The number of alkyl halides is 2. The summed E-state index contributed by atoms with van der Waals surface area (Å²) in [4.78, 5) is 7.59. The van der Waals surface area contributed by atoms with Crippen LogP contribution in [-0.4, -0.2) is 10.8 Å². The highest BCUT2D eigenvalue weighted by molar-refractivity contribution is 6.31. The van der Waals surface area contributed by atoms with Crippen LogP contribution < -0.4 is 5.73 Å². The molecule has 0 saturated carbocycles. The molecule has 0 aliphatic rings. The van der Waals surface area contributed by atoms with Crippen LogP contribution in [0.5, 0.6) is 0 Å². The van der Waals surface area contributed by atoms with Crippen LogP contribution in [0.2, 0.25) is 5.02 Å². The summed E-state index contributed by atoms with van der Waals surface area (Å²) in [6, 6.07) is 1.25. The lowest BCUT2D eigenvalue weighted by molar-refractivity contribution is -0.00104. The van der Waals surface area contributed by atoms with Crippen molar-refractivity contribution in [2.45, 2.75) is 19.3 Å². The molecule has 0 radical (unpaired) electrons. The van der Waals surface area contributed by atoms with Gasteiger partial charge in [-0.05, 0) is 6.92 Å². The molecule has 0 bridgehead atoms. The monoisotopic (exact) mass is 259 g/mol. The molecule has 0 aliphatic carbocycles. The van der Waals surface area contributed by atoms with Gasteiger partial charge >= 0.3 is 0 Å². The molecule has 0 saturated heterocycles. The third kappa shape index (κ3) is 3.49. The largest absolute Gasteiger partial charge is 0.387 e. The third-order valence-corrected chi connectivity index (χ3v) is 2.24. The molecule has 17 heavy (non-hydrogen) atoms. The van der Waals surface area contributed by atoms with Gasteiger partial charge in [-0.2, -0.15) is 0 Å². The fraction of sp³-hybridized carbons (Fsp3) is 0.273. The summed E-state index contributed by atoms with van der Waals surface area (Å²) in [7, 11) is 0. The van der Waals surface area contributed by atoms with Crippen molar-refractivity contribution in [2.75, 3.05) is 0 Å². The minimum absolute atomic E-state index is 0.0909. The van der Waals surface area contributed by atoms with Gasteiger partial charge in [0.25, 0.3) is 5.92 Å². The zero-order chi connectivity index (χ0) is 13.1. The number of amidine groups is 1. The summed E-state index contributed by atoms with van der Waals surface area (Å²) >= 11 is 5.77. The van der Waals surface area contributed by atoms with Gasteiger partial charge in [-0.1, -0.05) is 17.7 Å². The molecule has 0 fully saturated rings. The van der Waals surface area contributed by atoms with E-state index >= 15 is 0 Å². The zero-order valence-electron chi connectivity index (χ0n) is 9.25. The van der Waals surface area contributed by atoms with Crippen molar-refractivity contribution < 1.29 is 8.78 Å². The van der Waals surface area contributed by atoms with E-state index in [4.69, 9.17) is 17.3 Å². The molecule has 0 aromatic carbocycles. The molecule has 1 heterocycles. The normalized spacial score (nSPS) is 12.6. The summed E-state index contributed by atoms with van der Waals surface area (Å²) in [5, 5.41) is -0.0909. The fourth-order valence-electron chi connectivity index (χ4n) is 1.22. The molecule has 0 amide bonds. The Bertz CT molecular complexity index is 454. The van der Waals surface area contributed by atoms with Gasteiger partial charge in [0.15, 0.2) is 5.82 Å². The minimum Gasteiger partial charge on any atom is -0.387 e. The van der Waals surface area contributed by atoms with Gasteiger partial charge in [0, 0.05) is 18.7 Å². The molecule has 1 aromatic heterocycles. The number of allylic oxidation sites excluding steroid dienone is 1. The number of aliphatic imine (C=N–C) groups is 1. The van der Waals surface area contributed by atoms with E-state index in [0.717, 1.165) is 12.3 Å². The first kappa shape index (κ1) is 13.6. The van der Waals surface area contributed by atoms with Crippen LogP contribution in [0.25, 0.3) is 0 Å². The van der Waals surface area contributed by atoms with Gasteiger partial charge in [0.05, 0.1) is 16.4 Å². The lowest BCUT2D eigenvalue weighted by Crippen LogP contribution is -2.13. The van der Waals surface area contributed by atoms with Crippen LogP contribution in [0.3, 0.4) is 0 Å². The van der Waals surface area contributed by atoms with Gasteiger partial charge in [-0.25, -0.2) is 18.8 Å². The van der Waals surface area contributed by atoms with Gasteiger partial charge in [0.2, 0.25) is 0 Å². The molecule has 0 spiro atoms. The van der Waals surface area contributed by atoms with Crippen molar-refractivity contribution >= 4 is 23.3 Å². The molecule has 3 nitrogen and oxygen atoms in total. The second-order valence-corrected chi connectivity index (χ2v) is 3.88. The number of rotatable bonds is 4. The number of pyridine rings is 1. The van der Waals surface area contributed by atoms with E-state index in [0.29, 0.717) is 0 Å². The Morgan fingerprint density at radius 1 is 1.71 bits per heavy atom. The first-order valence-corrected chi connectivity index (χ1v) is 5.20. The Labute approximate surface area is 103 Å². The van der Waals surface area contributed by atoms with Crippen LogP contribution in [0.15, 0.2) is 29.9 Å². The summed E-state index contributed by atoms with van der Waals surface area (Å²) in [6.45, 7) is 4.84. The maximum absolute atomic E-state index is 13.6. The summed E-state index contributed by atoms with van der Waals surface area (Å²) in [6.07, 6.45) is 1.65. The molecule has 0 aliphatic heterocycles. The lowest BCUT2D eigenvalue weighted by atomic mass is 10.1. The predicted molar refractivity (Wildman–Crippen MR) is 64.9 cm³/mol. The van der Waals surface area contributed by atoms with Crippen molar-refractivity contribution in [3.8, 4) is 0 Å². The van der Waals surface area contributed by atoms with Crippen molar-refractivity contribution in [3.05, 3.63) is 35.5 Å². The van der Waals surface area contributed by atoms with E-state index in [1.807, 2.05) is 0 Å². The molecule has 1 rings (SSSR count). The lowest BCUT2D eigenvalue weighted by Gasteiger charge is -2.15. The van der Waals surface area contributed by atoms with E-state index in [1.54, 1.807) is 6.92 Å². The average molecular weight is 260 g/mol. The first-order valence-electron chi connectivity index (χ1n) is 4.82. The van der Waals surface area contributed by atoms with E-state index < -0.39 is 12.3 Å². The fourth-order valence-corrected chi connectivity index (χ4v) is 1.51. The molecule has 92 valence electrons. The Balaban J connectivity index is 3.14. The van der Waals surface area contributed by atoms with Crippen LogP contribution >= 0.6 is 11.6 Å². The Kier molecular flexibility index (Phi) is 4.17. The van der Waals surface area contributed by atoms with Crippen molar-refractivity contribution in [1.82, 2.24) is 4.98 Å². The van der Waals surface area contributed by atoms with Crippen LogP contribution in [0.1, 0.15) is 18.9 Å². The Morgan fingerprint density at radius 2 is 2.35 bits per heavy atom. The second kappa shape index (κ2) is 5.23. The maximum Gasteiger partial charge on any atom is 0.279 e. The minimum atomic E-state index is -3.08. The van der Waals surface area contributed by atoms with Crippen molar-refractivity contribution in [3.63, 3.8) is 0 Å². The number of nitrogens with zero attached hydrogens (tertiary/aromatic N) is 2. The number of nitrogens with two attached hydrogens (primary N) is 1. The molecule has 0 atom stereocenters. The summed E-state index contributed by atoms with van der Waals surface area (Å²) in [5.74, 6) is -2.60. The Hall–Kier alpha value is -1.49. The standard InChI is InChI=1S/C11H12ClF2N3/c1-3-4-11(13,14)8-6-16-10(5-9(8)12)17-7(2)15/h3,5-6H,1,4H2,2H3,(H2,15,16,17). The molecule has 1 aromatic rings. The molecular formula is C11H12ClF2N3. The number of aromatic nitrogens is 1. The maximum atomic E-state index is 13.6. The van der Waals surface area contributed by atoms with E-state index in [1.165, 1.54) is 6.07 Å². The van der Waals surface area contributed by atoms with Crippen LogP contribution in [0.4, 0.5) is 14.6 Å². The summed E-state index contributed by atoms with van der Waals surface area (Å²) < 4.78 is 27.1. The van der Waals surface area contributed by atoms with E-state index in [-0.39, 0.29) is 22.2 Å². The van der Waals surface area contributed by atoms with Crippen LogP contribution in [0, 0.1) is 0 Å². The van der Waals surface area contributed by atoms with Crippen molar-refractivity contribution in [1.29, 1.82) is 0 Å². The SMILES string of the molecule is C=CCC(F)(F)c1cnc(N=C(C)N)cc1Cl. The average Bonchev–Trinajstić information content (AvgIpc) is 2.15. The van der Waals surface area contributed by atoms with Gasteiger partial charge in [0.1, 0.15) is 0 Å². The number of halogens is 3. The quantitative estimate of drug-likeness (QED) is 0.512. The molecule has 6 heteroatoms. The highest BCUT2D eigenvalue weighted by Crippen LogP contribution is 2.37.